The first-order chi connectivity index (χ1) is 10.9. The zero-order valence-electron chi connectivity index (χ0n) is 13.2. The van der Waals surface area contributed by atoms with Gasteiger partial charge in [0.25, 0.3) is 0 Å². The summed E-state index contributed by atoms with van der Waals surface area (Å²) in [6.07, 6.45) is 0. The zero-order valence-corrected chi connectivity index (χ0v) is 13.2. The van der Waals surface area contributed by atoms with Crippen molar-refractivity contribution in [2.24, 2.45) is 0 Å². The van der Waals surface area contributed by atoms with Crippen molar-refractivity contribution in [1.29, 1.82) is 0 Å². The van der Waals surface area contributed by atoms with Crippen LogP contribution >= 0.6 is 0 Å². The normalized spacial score (nSPS) is 10.8. The smallest absolute Gasteiger partial charge is 0.200 e. The van der Waals surface area contributed by atoms with Crippen LogP contribution in [0.15, 0.2) is 12.1 Å². The van der Waals surface area contributed by atoms with Gasteiger partial charge in [0.2, 0.25) is 11.6 Å². The number of aryl methyl sites for hydroxylation is 4. The van der Waals surface area contributed by atoms with Gasteiger partial charge in [-0.25, -0.2) is 19.3 Å². The SMILES string of the molecule is Cc1nnc(-c2cc(F)cc(-c3nnc(C)c(C)n3)n2)nc1C. The minimum Gasteiger partial charge on any atom is -0.241 e. The molecule has 0 unspecified atom stereocenters. The van der Waals surface area contributed by atoms with E-state index in [1.807, 2.05) is 13.8 Å². The average molecular weight is 311 g/mol. The van der Waals surface area contributed by atoms with Crippen molar-refractivity contribution in [1.82, 2.24) is 35.3 Å². The second-order valence-corrected chi connectivity index (χ2v) is 5.17. The second kappa shape index (κ2) is 5.71. The Morgan fingerprint density at radius 1 is 0.609 bits per heavy atom. The lowest BCUT2D eigenvalue weighted by Gasteiger charge is -2.05. The van der Waals surface area contributed by atoms with Gasteiger partial charge in [0, 0.05) is 12.1 Å². The molecule has 0 fully saturated rings. The van der Waals surface area contributed by atoms with Crippen LogP contribution in [0.1, 0.15) is 22.8 Å². The number of hydrogen-bond acceptors (Lipinski definition) is 7. The fourth-order valence-electron chi connectivity index (χ4n) is 1.86. The third kappa shape index (κ3) is 3.01. The highest BCUT2D eigenvalue weighted by molar-refractivity contribution is 5.57. The van der Waals surface area contributed by atoms with Gasteiger partial charge in [0.1, 0.15) is 17.2 Å². The van der Waals surface area contributed by atoms with Crippen LogP contribution in [0.4, 0.5) is 4.39 Å². The summed E-state index contributed by atoms with van der Waals surface area (Å²) in [7, 11) is 0. The van der Waals surface area contributed by atoms with E-state index < -0.39 is 5.82 Å². The van der Waals surface area contributed by atoms with Crippen LogP contribution in [0.3, 0.4) is 0 Å². The lowest BCUT2D eigenvalue weighted by molar-refractivity contribution is 0.626. The fourth-order valence-corrected chi connectivity index (χ4v) is 1.86. The third-order valence-electron chi connectivity index (χ3n) is 3.43. The van der Waals surface area contributed by atoms with Crippen LogP contribution in [0.25, 0.3) is 23.0 Å². The Morgan fingerprint density at radius 2 is 1.04 bits per heavy atom. The van der Waals surface area contributed by atoms with Crippen molar-refractivity contribution in [3.63, 3.8) is 0 Å². The van der Waals surface area contributed by atoms with E-state index in [0.29, 0.717) is 22.8 Å². The summed E-state index contributed by atoms with van der Waals surface area (Å²) >= 11 is 0. The lowest BCUT2D eigenvalue weighted by atomic mass is 10.2. The molecule has 3 rings (SSSR count). The molecular formula is C15H14FN7. The Kier molecular flexibility index (Phi) is 3.73. The summed E-state index contributed by atoms with van der Waals surface area (Å²) in [5, 5.41) is 15.9. The van der Waals surface area contributed by atoms with Gasteiger partial charge in [0.15, 0.2) is 0 Å². The monoisotopic (exact) mass is 311 g/mol. The summed E-state index contributed by atoms with van der Waals surface area (Å²) < 4.78 is 14.0. The molecule has 3 heterocycles. The number of aromatic nitrogens is 7. The molecule has 0 aliphatic rings. The first kappa shape index (κ1) is 15.0. The highest BCUT2D eigenvalue weighted by Crippen LogP contribution is 2.20. The van der Waals surface area contributed by atoms with E-state index >= 15 is 0 Å². The molecule has 0 saturated heterocycles. The van der Waals surface area contributed by atoms with Crippen molar-refractivity contribution < 1.29 is 4.39 Å². The van der Waals surface area contributed by atoms with Crippen molar-refractivity contribution in [3.8, 4) is 23.0 Å². The van der Waals surface area contributed by atoms with E-state index in [2.05, 4.69) is 35.3 Å². The molecule has 116 valence electrons. The Morgan fingerprint density at radius 3 is 1.43 bits per heavy atom. The molecule has 0 aliphatic heterocycles. The van der Waals surface area contributed by atoms with Crippen LogP contribution < -0.4 is 0 Å². The number of nitrogens with zero attached hydrogens (tertiary/aromatic N) is 7. The molecule has 7 nitrogen and oxygen atoms in total. The van der Waals surface area contributed by atoms with Gasteiger partial charge in [-0.1, -0.05) is 0 Å². The van der Waals surface area contributed by atoms with Gasteiger partial charge in [-0.05, 0) is 27.7 Å². The van der Waals surface area contributed by atoms with Gasteiger partial charge in [-0.2, -0.15) is 10.2 Å². The molecule has 23 heavy (non-hydrogen) atoms. The van der Waals surface area contributed by atoms with Crippen LogP contribution in [-0.4, -0.2) is 35.3 Å². The first-order valence-corrected chi connectivity index (χ1v) is 6.98. The Labute approximate surface area is 132 Å². The molecule has 0 radical (unpaired) electrons. The Balaban J connectivity index is 2.11. The maximum absolute atomic E-state index is 14.0. The van der Waals surface area contributed by atoms with Crippen LogP contribution in [-0.2, 0) is 0 Å². The fraction of sp³-hybridized carbons (Fsp3) is 0.267. The quantitative estimate of drug-likeness (QED) is 0.716. The van der Waals surface area contributed by atoms with Crippen molar-refractivity contribution in [3.05, 3.63) is 40.7 Å². The molecule has 3 aromatic heterocycles. The van der Waals surface area contributed by atoms with Crippen LogP contribution in [0, 0.1) is 33.5 Å². The van der Waals surface area contributed by atoms with E-state index in [4.69, 9.17) is 0 Å². The van der Waals surface area contributed by atoms with E-state index in [9.17, 15) is 4.39 Å². The predicted molar refractivity (Wildman–Crippen MR) is 80.8 cm³/mol. The largest absolute Gasteiger partial charge is 0.241 e. The number of pyridine rings is 1. The molecule has 0 saturated carbocycles. The zero-order chi connectivity index (χ0) is 16.6. The highest BCUT2D eigenvalue weighted by Gasteiger charge is 2.13. The number of hydrogen-bond donors (Lipinski definition) is 0. The van der Waals surface area contributed by atoms with E-state index in [0.717, 1.165) is 0 Å². The van der Waals surface area contributed by atoms with Crippen molar-refractivity contribution in [2.45, 2.75) is 27.7 Å². The summed E-state index contributed by atoms with van der Waals surface area (Å²) in [5.74, 6) is 0.0324. The molecular weight excluding hydrogens is 297 g/mol. The lowest BCUT2D eigenvalue weighted by Crippen LogP contribution is -2.03. The Bertz CT molecular complexity index is 825. The van der Waals surface area contributed by atoms with Crippen LogP contribution in [0.2, 0.25) is 0 Å². The molecule has 0 aliphatic carbocycles. The maximum Gasteiger partial charge on any atom is 0.200 e. The average Bonchev–Trinajstić information content (AvgIpc) is 2.52. The summed E-state index contributed by atoms with van der Waals surface area (Å²) in [6.45, 7) is 7.23. The maximum atomic E-state index is 14.0. The van der Waals surface area contributed by atoms with Gasteiger partial charge in [-0.15, -0.1) is 10.2 Å². The summed E-state index contributed by atoms with van der Waals surface area (Å²) in [4.78, 5) is 12.9. The summed E-state index contributed by atoms with van der Waals surface area (Å²) in [5.41, 5.74) is 3.41. The molecule has 0 atom stereocenters. The molecule has 3 aromatic rings. The Hall–Kier alpha value is -2.90. The van der Waals surface area contributed by atoms with Gasteiger partial charge in [-0.3, -0.25) is 0 Å². The molecule has 0 N–H and O–H groups in total. The predicted octanol–water partition coefficient (Wildman–Crippen LogP) is 2.16. The van der Waals surface area contributed by atoms with Crippen molar-refractivity contribution in [2.75, 3.05) is 0 Å². The molecule has 0 aromatic carbocycles. The third-order valence-corrected chi connectivity index (χ3v) is 3.43. The minimum atomic E-state index is -0.478. The van der Waals surface area contributed by atoms with Crippen LogP contribution in [0.5, 0.6) is 0 Å². The molecule has 0 amide bonds. The topological polar surface area (TPSA) is 90.2 Å². The first-order valence-electron chi connectivity index (χ1n) is 6.98. The highest BCUT2D eigenvalue weighted by atomic mass is 19.1. The van der Waals surface area contributed by atoms with E-state index in [1.165, 1.54) is 12.1 Å². The van der Waals surface area contributed by atoms with Gasteiger partial charge < -0.3 is 0 Å². The molecule has 0 bridgehead atoms. The standard InChI is InChI=1S/C15H14FN7/c1-7-9(3)20-22-14(17-7)12-5-11(16)6-13(19-12)15-18-8(2)10(4)21-23-15/h5-6H,1-4H3. The van der Waals surface area contributed by atoms with Gasteiger partial charge in [0.05, 0.1) is 22.8 Å². The summed E-state index contributed by atoms with van der Waals surface area (Å²) in [6, 6.07) is 2.51. The van der Waals surface area contributed by atoms with E-state index in [-0.39, 0.29) is 23.0 Å². The minimum absolute atomic E-state index is 0.255. The number of halogens is 1. The van der Waals surface area contributed by atoms with Gasteiger partial charge >= 0.3 is 0 Å². The van der Waals surface area contributed by atoms with E-state index in [1.54, 1.807) is 13.8 Å². The molecule has 0 spiro atoms. The molecule has 8 heteroatoms. The second-order valence-electron chi connectivity index (χ2n) is 5.17. The van der Waals surface area contributed by atoms with Crippen molar-refractivity contribution >= 4 is 0 Å². The number of rotatable bonds is 2.